The summed E-state index contributed by atoms with van der Waals surface area (Å²) in [6.45, 7) is 5.31. The monoisotopic (exact) mass is 386 g/mol. The van der Waals surface area contributed by atoms with Crippen LogP contribution >= 0.6 is 0 Å². The Morgan fingerprint density at radius 2 is 1.62 bits per heavy atom. The number of rotatable bonds is 8. The van der Waals surface area contributed by atoms with Crippen LogP contribution in [0.5, 0.6) is 11.5 Å². The standard InChI is InChI=1S/C25H22O4/c1-3-9-19-10-7-8-13-23(19)28-17-24(26)29-22-15-14-21(16-18(22)2)25(27)20-11-5-4-6-12-20/h3-8,10-16H,1,9,17H2,2H3. The molecule has 146 valence electrons. The van der Waals surface area contributed by atoms with Crippen molar-refractivity contribution in [3.63, 3.8) is 0 Å². The zero-order valence-corrected chi connectivity index (χ0v) is 16.3. The van der Waals surface area contributed by atoms with Gasteiger partial charge in [-0.1, -0.05) is 54.6 Å². The van der Waals surface area contributed by atoms with E-state index in [1.165, 1.54) is 0 Å². The number of carbonyl (C=O) groups is 2. The zero-order valence-electron chi connectivity index (χ0n) is 16.3. The van der Waals surface area contributed by atoms with E-state index in [-0.39, 0.29) is 12.4 Å². The molecule has 0 saturated heterocycles. The number of esters is 1. The van der Waals surface area contributed by atoms with Crippen LogP contribution in [0.1, 0.15) is 27.0 Å². The molecule has 0 aromatic heterocycles. The fraction of sp³-hybridized carbons (Fsp3) is 0.120. The number of allylic oxidation sites excluding steroid dienone is 1. The van der Waals surface area contributed by atoms with Gasteiger partial charge in [0, 0.05) is 11.1 Å². The highest BCUT2D eigenvalue weighted by Gasteiger charge is 2.13. The SMILES string of the molecule is C=CCc1ccccc1OCC(=O)Oc1ccc(C(=O)c2ccccc2)cc1C. The normalized spacial score (nSPS) is 10.2. The van der Waals surface area contributed by atoms with Gasteiger partial charge in [-0.2, -0.15) is 0 Å². The molecule has 0 radical (unpaired) electrons. The minimum Gasteiger partial charge on any atom is -0.482 e. The number of carbonyl (C=O) groups excluding carboxylic acids is 2. The van der Waals surface area contributed by atoms with Crippen LogP contribution in [0.3, 0.4) is 0 Å². The number of para-hydroxylation sites is 1. The molecule has 29 heavy (non-hydrogen) atoms. The number of aryl methyl sites for hydroxylation is 1. The van der Waals surface area contributed by atoms with E-state index in [2.05, 4.69) is 6.58 Å². The van der Waals surface area contributed by atoms with E-state index < -0.39 is 5.97 Å². The number of ketones is 1. The number of ether oxygens (including phenoxy) is 2. The van der Waals surface area contributed by atoms with E-state index in [9.17, 15) is 9.59 Å². The van der Waals surface area contributed by atoms with E-state index in [1.54, 1.807) is 49.4 Å². The molecule has 0 N–H and O–H groups in total. The Hall–Kier alpha value is -3.66. The topological polar surface area (TPSA) is 52.6 Å². The Bertz CT molecular complexity index is 1020. The molecule has 3 aromatic rings. The third-order valence-electron chi connectivity index (χ3n) is 4.38. The van der Waals surface area contributed by atoms with Crippen LogP contribution in [0, 0.1) is 6.92 Å². The van der Waals surface area contributed by atoms with Gasteiger partial charge >= 0.3 is 5.97 Å². The summed E-state index contributed by atoms with van der Waals surface area (Å²) in [7, 11) is 0. The van der Waals surface area contributed by atoms with Gasteiger partial charge in [-0.05, 0) is 48.7 Å². The molecule has 0 saturated carbocycles. The predicted molar refractivity (Wildman–Crippen MR) is 113 cm³/mol. The highest BCUT2D eigenvalue weighted by molar-refractivity contribution is 6.09. The summed E-state index contributed by atoms with van der Waals surface area (Å²) in [5, 5.41) is 0. The van der Waals surface area contributed by atoms with Crippen molar-refractivity contribution < 1.29 is 19.1 Å². The van der Waals surface area contributed by atoms with Crippen molar-refractivity contribution in [2.24, 2.45) is 0 Å². The van der Waals surface area contributed by atoms with Crippen molar-refractivity contribution >= 4 is 11.8 Å². The van der Waals surface area contributed by atoms with Crippen molar-refractivity contribution in [2.75, 3.05) is 6.61 Å². The van der Waals surface area contributed by atoms with Crippen molar-refractivity contribution in [3.05, 3.63) is 108 Å². The maximum atomic E-state index is 12.5. The van der Waals surface area contributed by atoms with Gasteiger partial charge < -0.3 is 9.47 Å². The molecule has 0 aliphatic rings. The lowest BCUT2D eigenvalue weighted by Gasteiger charge is -2.12. The quantitative estimate of drug-likeness (QED) is 0.238. The van der Waals surface area contributed by atoms with E-state index in [0.29, 0.717) is 34.6 Å². The van der Waals surface area contributed by atoms with Crippen LogP contribution in [0.4, 0.5) is 0 Å². The van der Waals surface area contributed by atoms with Crippen LogP contribution in [0.25, 0.3) is 0 Å². The molecule has 4 heteroatoms. The summed E-state index contributed by atoms with van der Waals surface area (Å²) in [5.74, 6) is 0.449. The molecule has 0 aliphatic heterocycles. The van der Waals surface area contributed by atoms with Crippen molar-refractivity contribution in [3.8, 4) is 11.5 Å². The van der Waals surface area contributed by atoms with Crippen LogP contribution in [-0.4, -0.2) is 18.4 Å². The largest absolute Gasteiger partial charge is 0.482 e. The van der Waals surface area contributed by atoms with Gasteiger partial charge in [-0.25, -0.2) is 4.79 Å². The summed E-state index contributed by atoms with van der Waals surface area (Å²) >= 11 is 0. The Morgan fingerprint density at radius 3 is 2.34 bits per heavy atom. The molecule has 0 spiro atoms. The molecular weight excluding hydrogens is 364 g/mol. The second-order valence-electron chi connectivity index (χ2n) is 6.54. The van der Waals surface area contributed by atoms with Gasteiger partial charge in [-0.15, -0.1) is 6.58 Å². The second-order valence-corrected chi connectivity index (χ2v) is 6.54. The number of hydrogen-bond donors (Lipinski definition) is 0. The van der Waals surface area contributed by atoms with Crippen molar-refractivity contribution in [1.82, 2.24) is 0 Å². The van der Waals surface area contributed by atoms with Crippen LogP contribution in [-0.2, 0) is 11.2 Å². The Morgan fingerprint density at radius 1 is 0.897 bits per heavy atom. The minimum absolute atomic E-state index is 0.0752. The highest BCUT2D eigenvalue weighted by atomic mass is 16.6. The Balaban J connectivity index is 1.64. The lowest BCUT2D eigenvalue weighted by atomic mass is 10.0. The van der Waals surface area contributed by atoms with Gasteiger partial charge in [0.05, 0.1) is 0 Å². The third-order valence-corrected chi connectivity index (χ3v) is 4.38. The van der Waals surface area contributed by atoms with E-state index in [4.69, 9.17) is 9.47 Å². The molecule has 3 rings (SSSR count). The molecule has 0 bridgehead atoms. The highest BCUT2D eigenvalue weighted by Crippen LogP contribution is 2.22. The van der Waals surface area contributed by atoms with E-state index >= 15 is 0 Å². The lowest BCUT2D eigenvalue weighted by molar-refractivity contribution is -0.136. The van der Waals surface area contributed by atoms with Crippen LogP contribution in [0.15, 0.2) is 85.5 Å². The number of benzene rings is 3. The third kappa shape index (κ3) is 5.20. The smallest absolute Gasteiger partial charge is 0.349 e. The van der Waals surface area contributed by atoms with Gasteiger partial charge in [0.1, 0.15) is 11.5 Å². The first-order valence-electron chi connectivity index (χ1n) is 9.31. The summed E-state index contributed by atoms with van der Waals surface area (Å²) in [6, 6.07) is 21.6. The first-order chi connectivity index (χ1) is 14.1. The molecular formula is C25H22O4. The molecule has 3 aromatic carbocycles. The summed E-state index contributed by atoms with van der Waals surface area (Å²) in [4.78, 5) is 24.8. The number of hydrogen-bond acceptors (Lipinski definition) is 4. The fourth-order valence-corrected chi connectivity index (χ4v) is 2.92. The first kappa shape index (κ1) is 20.1. The van der Waals surface area contributed by atoms with Crippen molar-refractivity contribution in [1.29, 1.82) is 0 Å². The molecule has 4 nitrogen and oxygen atoms in total. The molecule has 0 atom stereocenters. The first-order valence-corrected chi connectivity index (χ1v) is 9.31. The van der Waals surface area contributed by atoms with E-state index in [1.807, 2.05) is 36.4 Å². The molecule has 0 amide bonds. The van der Waals surface area contributed by atoms with Gasteiger partial charge in [-0.3, -0.25) is 4.79 Å². The second kappa shape index (κ2) is 9.51. The Kier molecular flexibility index (Phi) is 6.59. The average molecular weight is 386 g/mol. The molecule has 0 fully saturated rings. The maximum Gasteiger partial charge on any atom is 0.349 e. The predicted octanol–water partition coefficient (Wildman–Crippen LogP) is 4.94. The van der Waals surface area contributed by atoms with Gasteiger partial charge in [0.2, 0.25) is 0 Å². The average Bonchev–Trinajstić information content (AvgIpc) is 2.75. The zero-order chi connectivity index (χ0) is 20.6. The van der Waals surface area contributed by atoms with Crippen molar-refractivity contribution in [2.45, 2.75) is 13.3 Å². The summed E-state index contributed by atoms with van der Waals surface area (Å²) < 4.78 is 11.0. The van der Waals surface area contributed by atoms with Gasteiger partial charge in [0.25, 0.3) is 0 Å². The van der Waals surface area contributed by atoms with Crippen LogP contribution < -0.4 is 9.47 Å². The van der Waals surface area contributed by atoms with E-state index in [0.717, 1.165) is 5.56 Å². The molecule has 0 heterocycles. The summed E-state index contributed by atoms with van der Waals surface area (Å²) in [6.07, 6.45) is 2.43. The fourth-order valence-electron chi connectivity index (χ4n) is 2.92. The van der Waals surface area contributed by atoms with Crippen LogP contribution in [0.2, 0.25) is 0 Å². The molecule has 0 aliphatic carbocycles. The maximum absolute atomic E-state index is 12.5. The Labute approximate surface area is 170 Å². The lowest BCUT2D eigenvalue weighted by Crippen LogP contribution is -2.18. The minimum atomic E-state index is -0.511. The molecule has 0 unspecified atom stereocenters. The summed E-state index contributed by atoms with van der Waals surface area (Å²) in [5.41, 5.74) is 2.81. The van der Waals surface area contributed by atoms with Gasteiger partial charge in [0.15, 0.2) is 12.4 Å².